The van der Waals surface area contributed by atoms with E-state index < -0.39 is 5.41 Å². The van der Waals surface area contributed by atoms with Gasteiger partial charge < -0.3 is 13.9 Å². The fraction of sp³-hybridized carbons (Fsp3) is 0.0345. The lowest BCUT2D eigenvalue weighted by Crippen LogP contribution is -2.33. The van der Waals surface area contributed by atoms with Gasteiger partial charge in [0, 0.05) is 32.6 Å². The van der Waals surface area contributed by atoms with Gasteiger partial charge in [0.1, 0.15) is 11.4 Å². The Kier molecular flexibility index (Phi) is 6.60. The summed E-state index contributed by atoms with van der Waals surface area (Å²) in [6, 6.07) is 69.2. The quantitative estimate of drug-likeness (QED) is 0.178. The number of fused-ring (bicyclic) bond motifs is 19. The van der Waals surface area contributed by atoms with Crippen LogP contribution in [0.5, 0.6) is 0 Å². The minimum absolute atomic E-state index is 0.284. The molecule has 1 unspecified atom stereocenters. The number of hydrogen-bond donors (Lipinski definition) is 0. The number of anilines is 3. The lowest BCUT2D eigenvalue weighted by atomic mass is 9.65. The van der Waals surface area contributed by atoms with Crippen LogP contribution in [0.2, 0.25) is 0 Å². The van der Waals surface area contributed by atoms with Crippen LogP contribution < -0.4 is 4.90 Å². The summed E-state index contributed by atoms with van der Waals surface area (Å²) >= 11 is 0. The summed E-state index contributed by atoms with van der Waals surface area (Å²) in [6.07, 6.45) is 0. The molecule has 12 aromatic rings. The molecular weight excluding hydrogens is 760 g/mol. The lowest BCUT2D eigenvalue weighted by Gasteiger charge is -2.40. The Morgan fingerprint density at radius 1 is 0.468 bits per heavy atom. The summed E-state index contributed by atoms with van der Waals surface area (Å²) in [5.74, 6) is -0.284. The third-order valence-corrected chi connectivity index (χ3v) is 13.9. The Morgan fingerprint density at radius 3 is 1.98 bits per heavy atom. The van der Waals surface area contributed by atoms with E-state index in [1.54, 1.807) is 12.1 Å². The molecule has 3 nitrogen and oxygen atoms in total. The molecule has 0 fully saturated rings. The molecule has 0 amide bonds. The Hall–Kier alpha value is -7.95. The number of benzene rings is 10. The standard InChI is InChI=1S/C58H35FN2O/c1-34-13-10-20-43-44-21-12-26-51(57(44)62-56(34)43)60(37-30-28-36(59)29-31-37)52-33-48-54(41-18-5-4-16-39(41)52)53-38-15-3-2-14-35(38)27-32-46(53)58(48)45-22-7-9-25-50(45)61-49-24-8-6-17-40(49)42-19-11-23-47(58)55(42)61/h2-33H,1H3. The summed E-state index contributed by atoms with van der Waals surface area (Å²) in [5, 5.41) is 9.27. The third kappa shape index (κ3) is 4.14. The Labute approximate surface area is 356 Å². The van der Waals surface area contributed by atoms with Gasteiger partial charge in [-0.15, -0.1) is 0 Å². The van der Waals surface area contributed by atoms with Crippen LogP contribution in [0.4, 0.5) is 21.5 Å². The van der Waals surface area contributed by atoms with E-state index in [0.29, 0.717) is 0 Å². The zero-order valence-corrected chi connectivity index (χ0v) is 33.7. The molecule has 0 radical (unpaired) electrons. The van der Waals surface area contributed by atoms with E-state index in [-0.39, 0.29) is 5.82 Å². The zero-order chi connectivity index (χ0) is 40.8. The lowest BCUT2D eigenvalue weighted by molar-refractivity contribution is 0.628. The van der Waals surface area contributed by atoms with Crippen LogP contribution in [-0.2, 0) is 5.41 Å². The summed E-state index contributed by atoms with van der Waals surface area (Å²) in [7, 11) is 0. The van der Waals surface area contributed by atoms with E-state index in [2.05, 4.69) is 186 Å². The molecule has 3 heterocycles. The number of aryl methyl sites for hydroxylation is 1. The molecule has 2 aromatic heterocycles. The number of hydrogen-bond acceptors (Lipinski definition) is 2. The maximum absolute atomic E-state index is 15.0. The number of furan rings is 1. The highest BCUT2D eigenvalue weighted by atomic mass is 19.1. The molecule has 10 aromatic carbocycles. The highest BCUT2D eigenvalue weighted by Gasteiger charge is 2.52. The van der Waals surface area contributed by atoms with E-state index >= 15 is 0 Å². The maximum atomic E-state index is 15.0. The number of nitrogens with zero attached hydrogens (tertiary/aromatic N) is 2. The number of rotatable bonds is 3. The van der Waals surface area contributed by atoms with Crippen molar-refractivity contribution < 1.29 is 8.81 Å². The molecule has 2 aliphatic rings. The highest BCUT2D eigenvalue weighted by molar-refractivity contribution is 6.19. The van der Waals surface area contributed by atoms with Gasteiger partial charge in [-0.05, 0) is 111 Å². The Morgan fingerprint density at radius 2 is 1.11 bits per heavy atom. The van der Waals surface area contributed by atoms with Crippen molar-refractivity contribution >= 4 is 82.4 Å². The predicted molar refractivity (Wildman–Crippen MR) is 253 cm³/mol. The molecule has 1 atom stereocenters. The monoisotopic (exact) mass is 794 g/mol. The van der Waals surface area contributed by atoms with Gasteiger partial charge in [-0.25, -0.2) is 4.39 Å². The van der Waals surface area contributed by atoms with Gasteiger partial charge >= 0.3 is 0 Å². The average molecular weight is 795 g/mol. The second-order valence-electron chi connectivity index (χ2n) is 16.9. The molecule has 1 spiro atoms. The molecule has 1 aliphatic carbocycles. The SMILES string of the molecule is Cc1cccc2c1oc1c(N(c3ccc(F)cc3)c3cc4c(c5ccccc35)-c3c(ccc5ccccc35)C43c4ccccc4-n4c5ccccc5c5cccc3c54)cccc12. The van der Waals surface area contributed by atoms with Gasteiger partial charge in [0.25, 0.3) is 0 Å². The molecule has 0 saturated carbocycles. The van der Waals surface area contributed by atoms with Crippen LogP contribution in [0, 0.1) is 12.7 Å². The fourth-order valence-corrected chi connectivity index (χ4v) is 11.5. The minimum atomic E-state index is -0.703. The molecule has 0 saturated heterocycles. The first kappa shape index (κ1) is 33.8. The van der Waals surface area contributed by atoms with Crippen molar-refractivity contribution in [2.45, 2.75) is 12.3 Å². The first-order valence-corrected chi connectivity index (χ1v) is 21.3. The van der Waals surface area contributed by atoms with Gasteiger partial charge in [-0.1, -0.05) is 146 Å². The zero-order valence-electron chi connectivity index (χ0n) is 33.7. The van der Waals surface area contributed by atoms with Crippen molar-refractivity contribution in [3.05, 3.63) is 228 Å². The van der Waals surface area contributed by atoms with Gasteiger partial charge in [0.05, 0.1) is 33.5 Å². The second-order valence-corrected chi connectivity index (χ2v) is 16.9. The molecule has 1 aliphatic heterocycles. The van der Waals surface area contributed by atoms with E-state index in [0.717, 1.165) is 55.3 Å². The minimum Gasteiger partial charge on any atom is -0.454 e. The molecular formula is C58H35FN2O. The van der Waals surface area contributed by atoms with Crippen molar-refractivity contribution in [2.24, 2.45) is 0 Å². The first-order valence-electron chi connectivity index (χ1n) is 21.3. The van der Waals surface area contributed by atoms with Crippen LogP contribution in [0.1, 0.15) is 27.8 Å². The topological polar surface area (TPSA) is 21.3 Å². The summed E-state index contributed by atoms with van der Waals surface area (Å²) in [6.45, 7) is 2.10. The number of halogens is 1. The fourth-order valence-electron chi connectivity index (χ4n) is 11.5. The van der Waals surface area contributed by atoms with E-state index in [1.165, 1.54) is 71.6 Å². The van der Waals surface area contributed by atoms with Gasteiger partial charge in [-0.2, -0.15) is 0 Å². The third-order valence-electron chi connectivity index (χ3n) is 13.9. The van der Waals surface area contributed by atoms with Crippen LogP contribution in [0.15, 0.2) is 199 Å². The van der Waals surface area contributed by atoms with Crippen LogP contribution >= 0.6 is 0 Å². The van der Waals surface area contributed by atoms with E-state index in [4.69, 9.17) is 4.42 Å². The number of para-hydroxylation sites is 5. The van der Waals surface area contributed by atoms with Gasteiger partial charge in [0.2, 0.25) is 0 Å². The van der Waals surface area contributed by atoms with Gasteiger partial charge in [-0.3, -0.25) is 0 Å². The molecule has 0 bridgehead atoms. The maximum Gasteiger partial charge on any atom is 0.159 e. The molecule has 0 N–H and O–H groups in total. The second kappa shape index (κ2) is 12.1. The molecule has 14 rings (SSSR count). The summed E-state index contributed by atoms with van der Waals surface area (Å²) in [4.78, 5) is 2.29. The Balaban J connectivity index is 1.19. The van der Waals surface area contributed by atoms with E-state index in [1.807, 2.05) is 12.1 Å². The molecule has 290 valence electrons. The Bertz CT molecular complexity index is 3910. The largest absolute Gasteiger partial charge is 0.454 e. The highest BCUT2D eigenvalue weighted by Crippen LogP contribution is 2.64. The first-order chi connectivity index (χ1) is 30.6. The molecule has 62 heavy (non-hydrogen) atoms. The van der Waals surface area contributed by atoms with Crippen molar-refractivity contribution in [1.82, 2.24) is 4.57 Å². The smallest absolute Gasteiger partial charge is 0.159 e. The van der Waals surface area contributed by atoms with Crippen LogP contribution in [-0.4, -0.2) is 4.57 Å². The van der Waals surface area contributed by atoms with E-state index in [9.17, 15) is 4.39 Å². The van der Waals surface area contributed by atoms with Crippen molar-refractivity contribution in [3.8, 4) is 16.8 Å². The summed E-state index contributed by atoms with van der Waals surface area (Å²) in [5.41, 5.74) is 15.8. The normalized spacial score (nSPS) is 15.0. The van der Waals surface area contributed by atoms with Crippen molar-refractivity contribution in [1.29, 1.82) is 0 Å². The van der Waals surface area contributed by atoms with Gasteiger partial charge in [0.15, 0.2) is 5.58 Å². The molecule has 4 heteroatoms. The van der Waals surface area contributed by atoms with Crippen LogP contribution in [0.25, 0.3) is 82.1 Å². The average Bonchev–Trinajstić information content (AvgIpc) is 3.97. The van der Waals surface area contributed by atoms with Crippen LogP contribution in [0.3, 0.4) is 0 Å². The summed E-state index contributed by atoms with van der Waals surface area (Å²) < 4.78 is 24.4. The van der Waals surface area contributed by atoms with Crippen molar-refractivity contribution in [2.75, 3.05) is 4.90 Å². The number of aromatic nitrogens is 1. The predicted octanol–water partition coefficient (Wildman–Crippen LogP) is 15.6. The van der Waals surface area contributed by atoms with Crippen molar-refractivity contribution in [3.63, 3.8) is 0 Å².